The summed E-state index contributed by atoms with van der Waals surface area (Å²) < 4.78 is 12.7. The Balaban J connectivity index is 1.82. The minimum absolute atomic E-state index is 0.230. The molecule has 1 aliphatic rings. The Morgan fingerprint density at radius 1 is 1.33 bits per heavy atom. The van der Waals surface area contributed by atoms with Crippen LogP contribution >= 0.6 is 11.8 Å². The van der Waals surface area contributed by atoms with Gasteiger partial charge in [0.25, 0.3) is 0 Å². The molecule has 0 aliphatic heterocycles. The molecule has 0 aromatic heterocycles. The summed E-state index contributed by atoms with van der Waals surface area (Å²) in [5.41, 5.74) is 0. The lowest BCUT2D eigenvalue weighted by Crippen LogP contribution is -2.23. The topological polar surface area (TPSA) is 17.1 Å². The van der Waals surface area contributed by atoms with Crippen molar-refractivity contribution in [3.05, 3.63) is 30.1 Å². The first-order valence-electron chi connectivity index (χ1n) is 6.56. The monoisotopic (exact) mass is 266 g/mol. The minimum Gasteiger partial charge on any atom is -0.298 e. The van der Waals surface area contributed by atoms with Crippen molar-refractivity contribution in [3.63, 3.8) is 0 Å². The normalized spacial score (nSPS) is 23.9. The lowest BCUT2D eigenvalue weighted by atomic mass is 9.81. The Kier molecular flexibility index (Phi) is 4.81. The molecule has 1 saturated carbocycles. The van der Waals surface area contributed by atoms with E-state index >= 15 is 0 Å². The number of halogens is 1. The van der Waals surface area contributed by atoms with Crippen LogP contribution in [-0.4, -0.2) is 11.5 Å². The van der Waals surface area contributed by atoms with Crippen molar-refractivity contribution in [2.45, 2.75) is 37.5 Å². The van der Waals surface area contributed by atoms with Gasteiger partial charge in [0.15, 0.2) is 0 Å². The van der Waals surface area contributed by atoms with Crippen molar-refractivity contribution in [1.29, 1.82) is 0 Å². The van der Waals surface area contributed by atoms with Gasteiger partial charge in [0.1, 0.15) is 11.6 Å². The fraction of sp³-hybridized carbons (Fsp3) is 0.533. The summed E-state index contributed by atoms with van der Waals surface area (Å²) in [6.45, 7) is 2.23. The fourth-order valence-electron chi connectivity index (χ4n) is 2.53. The molecule has 98 valence electrons. The van der Waals surface area contributed by atoms with Gasteiger partial charge in [-0.05, 0) is 43.0 Å². The highest BCUT2D eigenvalue weighted by molar-refractivity contribution is 8.00. The highest BCUT2D eigenvalue weighted by atomic mass is 32.2. The molecule has 2 unspecified atom stereocenters. The van der Waals surface area contributed by atoms with Crippen LogP contribution in [0.25, 0.3) is 0 Å². The Morgan fingerprint density at radius 2 is 2.06 bits per heavy atom. The van der Waals surface area contributed by atoms with Crippen molar-refractivity contribution < 1.29 is 9.18 Å². The smallest absolute Gasteiger partial charge is 0.146 e. The van der Waals surface area contributed by atoms with Crippen molar-refractivity contribution >= 4 is 17.5 Å². The standard InChI is InChI=1S/C15H19FOS/c1-11-3-2-4-12(9-11)15(17)10-18-14-7-5-13(16)6-8-14/h5-8,11-12H,2-4,9-10H2,1H3. The number of thioether (sulfide) groups is 1. The van der Waals surface area contributed by atoms with Crippen molar-refractivity contribution in [3.8, 4) is 0 Å². The van der Waals surface area contributed by atoms with E-state index in [9.17, 15) is 9.18 Å². The predicted octanol–water partition coefficient (Wildman–Crippen LogP) is 4.31. The van der Waals surface area contributed by atoms with Crippen LogP contribution in [0.2, 0.25) is 0 Å². The number of hydrogen-bond acceptors (Lipinski definition) is 2. The quantitative estimate of drug-likeness (QED) is 0.755. The van der Waals surface area contributed by atoms with E-state index in [4.69, 9.17) is 0 Å². The van der Waals surface area contributed by atoms with E-state index in [2.05, 4.69) is 6.92 Å². The SMILES string of the molecule is CC1CCCC(C(=O)CSc2ccc(F)cc2)C1. The van der Waals surface area contributed by atoms with Gasteiger partial charge in [-0.25, -0.2) is 4.39 Å². The van der Waals surface area contributed by atoms with Gasteiger partial charge >= 0.3 is 0 Å². The number of benzene rings is 1. The van der Waals surface area contributed by atoms with Crippen molar-refractivity contribution in [1.82, 2.24) is 0 Å². The van der Waals surface area contributed by atoms with E-state index < -0.39 is 0 Å². The van der Waals surface area contributed by atoms with Crippen LogP contribution in [0.4, 0.5) is 4.39 Å². The Bertz CT molecular complexity index is 401. The largest absolute Gasteiger partial charge is 0.298 e. The third-order valence-corrected chi connectivity index (χ3v) is 4.62. The summed E-state index contributed by atoms with van der Waals surface area (Å²) in [4.78, 5) is 13.1. The van der Waals surface area contributed by atoms with Crippen LogP contribution in [0.3, 0.4) is 0 Å². The van der Waals surface area contributed by atoms with Crippen LogP contribution < -0.4 is 0 Å². The molecular formula is C15H19FOS. The van der Waals surface area contributed by atoms with Gasteiger partial charge in [0.05, 0.1) is 5.75 Å². The summed E-state index contributed by atoms with van der Waals surface area (Å²) in [6, 6.07) is 6.35. The molecule has 0 bridgehead atoms. The molecule has 2 rings (SSSR count). The molecule has 0 radical (unpaired) electrons. The van der Waals surface area contributed by atoms with E-state index in [-0.39, 0.29) is 11.7 Å². The fourth-order valence-corrected chi connectivity index (χ4v) is 3.40. The minimum atomic E-state index is -0.230. The van der Waals surface area contributed by atoms with E-state index in [1.54, 1.807) is 12.1 Å². The summed E-state index contributed by atoms with van der Waals surface area (Å²) in [7, 11) is 0. The van der Waals surface area contributed by atoms with Crippen LogP contribution in [0.1, 0.15) is 32.6 Å². The second kappa shape index (κ2) is 6.37. The predicted molar refractivity (Wildman–Crippen MR) is 73.3 cm³/mol. The van der Waals surface area contributed by atoms with E-state index in [0.717, 1.165) is 17.7 Å². The molecule has 0 heterocycles. The molecule has 1 aromatic rings. The van der Waals surface area contributed by atoms with Gasteiger partial charge in [-0.15, -0.1) is 11.8 Å². The summed E-state index contributed by atoms with van der Waals surface area (Å²) >= 11 is 1.52. The molecule has 0 saturated heterocycles. The number of Topliss-reactive ketones (excluding diaryl/α,β-unsaturated/α-hetero) is 1. The maximum atomic E-state index is 12.7. The number of hydrogen-bond donors (Lipinski definition) is 0. The zero-order valence-electron chi connectivity index (χ0n) is 10.7. The number of carbonyl (C=O) groups is 1. The van der Waals surface area contributed by atoms with Gasteiger partial charge in [0, 0.05) is 10.8 Å². The zero-order chi connectivity index (χ0) is 13.0. The zero-order valence-corrected chi connectivity index (χ0v) is 11.5. The summed E-state index contributed by atoms with van der Waals surface area (Å²) in [5.74, 6) is 1.58. The lowest BCUT2D eigenvalue weighted by Gasteiger charge is -2.25. The van der Waals surface area contributed by atoms with Gasteiger partial charge in [-0.2, -0.15) is 0 Å². The maximum Gasteiger partial charge on any atom is 0.146 e. The molecule has 1 nitrogen and oxygen atoms in total. The molecule has 0 amide bonds. The third-order valence-electron chi connectivity index (χ3n) is 3.59. The van der Waals surface area contributed by atoms with Gasteiger partial charge in [-0.1, -0.05) is 19.8 Å². The van der Waals surface area contributed by atoms with Crippen LogP contribution in [0.5, 0.6) is 0 Å². The van der Waals surface area contributed by atoms with Gasteiger partial charge in [0.2, 0.25) is 0 Å². The van der Waals surface area contributed by atoms with E-state index in [1.807, 2.05) is 0 Å². The van der Waals surface area contributed by atoms with Crippen LogP contribution in [-0.2, 0) is 4.79 Å². The number of ketones is 1. The molecule has 1 fully saturated rings. The lowest BCUT2D eigenvalue weighted by molar-refractivity contribution is -0.121. The van der Waals surface area contributed by atoms with Crippen molar-refractivity contribution in [2.75, 3.05) is 5.75 Å². The molecule has 0 spiro atoms. The molecule has 3 heteroatoms. The molecule has 1 aromatic carbocycles. The van der Waals surface area contributed by atoms with Crippen LogP contribution in [0.15, 0.2) is 29.2 Å². The molecule has 2 atom stereocenters. The highest BCUT2D eigenvalue weighted by Crippen LogP contribution is 2.30. The van der Waals surface area contributed by atoms with E-state index in [0.29, 0.717) is 17.5 Å². The second-order valence-corrected chi connectivity index (χ2v) is 6.23. The number of carbonyl (C=O) groups excluding carboxylic acids is 1. The van der Waals surface area contributed by atoms with Crippen molar-refractivity contribution in [2.24, 2.45) is 11.8 Å². The first kappa shape index (κ1) is 13.6. The molecular weight excluding hydrogens is 247 g/mol. The Labute approximate surface area is 112 Å². The Hall–Kier alpha value is -0.830. The second-order valence-electron chi connectivity index (χ2n) is 5.18. The molecule has 0 N–H and O–H groups in total. The van der Waals surface area contributed by atoms with Gasteiger partial charge < -0.3 is 0 Å². The average Bonchev–Trinajstić information content (AvgIpc) is 2.38. The van der Waals surface area contributed by atoms with Crippen LogP contribution in [0, 0.1) is 17.7 Å². The van der Waals surface area contributed by atoms with E-state index in [1.165, 1.54) is 36.7 Å². The summed E-state index contributed by atoms with van der Waals surface area (Å²) in [6.07, 6.45) is 4.53. The first-order chi connectivity index (χ1) is 8.65. The molecule has 1 aliphatic carbocycles. The maximum absolute atomic E-state index is 12.7. The summed E-state index contributed by atoms with van der Waals surface area (Å²) in [5, 5.41) is 0. The molecule has 18 heavy (non-hydrogen) atoms. The average molecular weight is 266 g/mol. The Morgan fingerprint density at radius 3 is 2.72 bits per heavy atom. The third kappa shape index (κ3) is 3.84. The first-order valence-corrected chi connectivity index (χ1v) is 7.55. The van der Waals surface area contributed by atoms with Gasteiger partial charge in [-0.3, -0.25) is 4.79 Å². The highest BCUT2D eigenvalue weighted by Gasteiger charge is 2.24. The number of rotatable bonds is 4.